The molecule has 1 spiro atoms. The third-order valence-electron chi connectivity index (χ3n) is 3.82. The Morgan fingerprint density at radius 3 is 3.21 bits per heavy atom. The van der Waals surface area contributed by atoms with Gasteiger partial charge in [0.2, 0.25) is 0 Å². The highest BCUT2D eigenvalue weighted by atomic mass is 16.5. The van der Waals surface area contributed by atoms with Gasteiger partial charge in [0.25, 0.3) is 6.02 Å². The van der Waals surface area contributed by atoms with E-state index in [-0.39, 0.29) is 5.54 Å². The van der Waals surface area contributed by atoms with Crippen LogP contribution >= 0.6 is 0 Å². The SMILES string of the molecule is NC1=NC2(CCN3CCCC3C2)CO1. The Morgan fingerprint density at radius 1 is 1.50 bits per heavy atom. The second-order valence-corrected chi connectivity index (χ2v) is 4.75. The van der Waals surface area contributed by atoms with Crippen LogP contribution in [0.15, 0.2) is 4.99 Å². The van der Waals surface area contributed by atoms with Crippen molar-refractivity contribution in [3.8, 4) is 0 Å². The lowest BCUT2D eigenvalue weighted by Crippen LogP contribution is -2.47. The van der Waals surface area contributed by atoms with Gasteiger partial charge in [0.05, 0.1) is 0 Å². The Morgan fingerprint density at radius 2 is 2.43 bits per heavy atom. The molecule has 2 unspecified atom stereocenters. The average molecular weight is 195 g/mol. The number of hydrogen-bond donors (Lipinski definition) is 1. The van der Waals surface area contributed by atoms with E-state index in [1.165, 1.54) is 25.9 Å². The zero-order chi connectivity index (χ0) is 9.60. The van der Waals surface area contributed by atoms with E-state index in [1.807, 2.05) is 0 Å². The molecule has 4 heteroatoms. The summed E-state index contributed by atoms with van der Waals surface area (Å²) in [4.78, 5) is 7.08. The van der Waals surface area contributed by atoms with Crippen molar-refractivity contribution >= 4 is 6.02 Å². The molecule has 0 radical (unpaired) electrons. The van der Waals surface area contributed by atoms with E-state index in [4.69, 9.17) is 10.5 Å². The van der Waals surface area contributed by atoms with E-state index in [1.54, 1.807) is 0 Å². The summed E-state index contributed by atoms with van der Waals surface area (Å²) in [5, 5.41) is 0. The zero-order valence-corrected chi connectivity index (χ0v) is 8.41. The van der Waals surface area contributed by atoms with Crippen LogP contribution in [0, 0.1) is 0 Å². The van der Waals surface area contributed by atoms with Gasteiger partial charge in [-0.3, -0.25) is 0 Å². The minimum Gasteiger partial charge on any atom is -0.463 e. The van der Waals surface area contributed by atoms with Crippen molar-refractivity contribution in [1.82, 2.24) is 4.90 Å². The van der Waals surface area contributed by atoms with Crippen LogP contribution in [0.25, 0.3) is 0 Å². The summed E-state index contributed by atoms with van der Waals surface area (Å²) in [6.07, 6.45) is 4.94. The summed E-state index contributed by atoms with van der Waals surface area (Å²) in [5.74, 6) is 0. The van der Waals surface area contributed by atoms with Crippen LogP contribution in [0.3, 0.4) is 0 Å². The lowest BCUT2D eigenvalue weighted by molar-refractivity contribution is 0.110. The van der Waals surface area contributed by atoms with Gasteiger partial charge in [-0.25, -0.2) is 4.99 Å². The number of fused-ring (bicyclic) bond motifs is 1. The molecule has 0 aliphatic carbocycles. The molecule has 0 aromatic heterocycles. The number of piperidine rings is 1. The van der Waals surface area contributed by atoms with Crippen molar-refractivity contribution in [3.05, 3.63) is 0 Å². The van der Waals surface area contributed by atoms with E-state index in [9.17, 15) is 0 Å². The van der Waals surface area contributed by atoms with Crippen LogP contribution in [-0.4, -0.2) is 42.2 Å². The molecule has 3 heterocycles. The molecule has 4 nitrogen and oxygen atoms in total. The second kappa shape index (κ2) is 2.86. The first-order chi connectivity index (χ1) is 6.77. The van der Waals surface area contributed by atoms with Crippen molar-refractivity contribution in [2.75, 3.05) is 19.7 Å². The molecule has 0 bridgehead atoms. The maximum atomic E-state index is 5.59. The van der Waals surface area contributed by atoms with Gasteiger partial charge in [0.15, 0.2) is 0 Å². The third-order valence-corrected chi connectivity index (χ3v) is 3.82. The van der Waals surface area contributed by atoms with Crippen molar-refractivity contribution < 1.29 is 4.74 Å². The molecule has 2 N–H and O–H groups in total. The topological polar surface area (TPSA) is 50.8 Å². The summed E-state index contributed by atoms with van der Waals surface area (Å²) in [5.41, 5.74) is 5.63. The van der Waals surface area contributed by atoms with Gasteiger partial charge in [-0.2, -0.15) is 0 Å². The average Bonchev–Trinajstić information content (AvgIpc) is 2.74. The van der Waals surface area contributed by atoms with E-state index >= 15 is 0 Å². The third kappa shape index (κ3) is 1.21. The highest BCUT2D eigenvalue weighted by molar-refractivity contribution is 5.73. The molecule has 3 rings (SSSR count). The fraction of sp³-hybridized carbons (Fsp3) is 0.900. The molecule has 2 atom stereocenters. The molecule has 2 saturated heterocycles. The zero-order valence-electron chi connectivity index (χ0n) is 8.41. The summed E-state index contributed by atoms with van der Waals surface area (Å²) in [7, 11) is 0. The normalized spacial score (nSPS) is 42.3. The predicted octanol–water partition coefficient (Wildman–Crippen LogP) is 0.328. The summed E-state index contributed by atoms with van der Waals surface area (Å²) in [6, 6.07) is 1.14. The standard InChI is InChI=1S/C10H17N3O/c11-9-12-10(7-14-9)3-5-13-4-1-2-8(13)6-10/h8H,1-7H2,(H2,11,12). The molecule has 3 aliphatic rings. The summed E-state index contributed by atoms with van der Waals surface area (Å²) < 4.78 is 5.30. The first-order valence-electron chi connectivity index (χ1n) is 5.50. The molecular formula is C10H17N3O. The van der Waals surface area contributed by atoms with Gasteiger partial charge < -0.3 is 15.4 Å². The predicted molar refractivity (Wildman–Crippen MR) is 54.1 cm³/mol. The first-order valence-corrected chi connectivity index (χ1v) is 5.50. The maximum Gasteiger partial charge on any atom is 0.282 e. The van der Waals surface area contributed by atoms with Crippen LogP contribution in [0.5, 0.6) is 0 Å². The molecule has 0 aromatic carbocycles. The number of aliphatic imine (C=N–C) groups is 1. The highest BCUT2D eigenvalue weighted by Crippen LogP contribution is 2.37. The van der Waals surface area contributed by atoms with Crippen LogP contribution in [0.2, 0.25) is 0 Å². The molecule has 78 valence electrons. The minimum absolute atomic E-state index is 0.0373. The fourth-order valence-corrected chi connectivity index (χ4v) is 3.05. The van der Waals surface area contributed by atoms with Crippen LogP contribution in [-0.2, 0) is 4.74 Å². The van der Waals surface area contributed by atoms with Gasteiger partial charge in [-0.05, 0) is 32.2 Å². The number of nitrogens with zero attached hydrogens (tertiary/aromatic N) is 2. The lowest BCUT2D eigenvalue weighted by Gasteiger charge is -2.38. The van der Waals surface area contributed by atoms with Gasteiger partial charge in [-0.1, -0.05) is 0 Å². The van der Waals surface area contributed by atoms with Crippen LogP contribution in [0.4, 0.5) is 0 Å². The Kier molecular flexibility index (Phi) is 1.74. The first kappa shape index (κ1) is 8.53. The Balaban J connectivity index is 1.78. The quantitative estimate of drug-likeness (QED) is 0.606. The number of ether oxygens (including phenoxy) is 1. The Hall–Kier alpha value is -0.770. The van der Waals surface area contributed by atoms with Crippen LogP contribution in [0.1, 0.15) is 25.7 Å². The summed E-state index contributed by atoms with van der Waals surface area (Å²) in [6.45, 7) is 3.16. The van der Waals surface area contributed by atoms with Crippen molar-refractivity contribution in [2.45, 2.75) is 37.3 Å². The van der Waals surface area contributed by atoms with E-state index in [0.29, 0.717) is 12.6 Å². The molecular weight excluding hydrogens is 178 g/mol. The van der Waals surface area contributed by atoms with Crippen molar-refractivity contribution in [3.63, 3.8) is 0 Å². The van der Waals surface area contributed by atoms with E-state index in [0.717, 1.165) is 18.9 Å². The number of rotatable bonds is 0. The largest absolute Gasteiger partial charge is 0.463 e. The Labute approximate surface area is 84.1 Å². The lowest BCUT2D eigenvalue weighted by atomic mass is 9.85. The maximum absolute atomic E-state index is 5.59. The van der Waals surface area contributed by atoms with Gasteiger partial charge in [-0.15, -0.1) is 0 Å². The number of nitrogens with two attached hydrogens (primary N) is 1. The fourth-order valence-electron chi connectivity index (χ4n) is 3.05. The molecule has 0 aromatic rings. The molecule has 0 amide bonds. The van der Waals surface area contributed by atoms with E-state index in [2.05, 4.69) is 9.89 Å². The van der Waals surface area contributed by atoms with E-state index < -0.39 is 0 Å². The Bertz CT molecular complexity index is 279. The molecule has 0 saturated carbocycles. The van der Waals surface area contributed by atoms with Gasteiger partial charge >= 0.3 is 0 Å². The number of hydrogen-bond acceptors (Lipinski definition) is 4. The second-order valence-electron chi connectivity index (χ2n) is 4.75. The smallest absolute Gasteiger partial charge is 0.282 e. The molecule has 3 aliphatic heterocycles. The van der Waals surface area contributed by atoms with Gasteiger partial charge in [0.1, 0.15) is 12.1 Å². The monoisotopic (exact) mass is 195 g/mol. The molecule has 2 fully saturated rings. The minimum atomic E-state index is 0.0373. The highest BCUT2D eigenvalue weighted by Gasteiger charge is 2.44. The van der Waals surface area contributed by atoms with Crippen molar-refractivity contribution in [1.29, 1.82) is 0 Å². The molecule has 14 heavy (non-hydrogen) atoms. The number of amidine groups is 1. The van der Waals surface area contributed by atoms with Crippen LogP contribution < -0.4 is 5.73 Å². The summed E-state index contributed by atoms with van der Waals surface area (Å²) >= 11 is 0. The van der Waals surface area contributed by atoms with Crippen molar-refractivity contribution in [2.24, 2.45) is 10.7 Å². The van der Waals surface area contributed by atoms with Gasteiger partial charge in [0, 0.05) is 12.6 Å².